The van der Waals surface area contributed by atoms with Crippen molar-refractivity contribution in [2.75, 3.05) is 31.5 Å². The van der Waals surface area contributed by atoms with Gasteiger partial charge < -0.3 is 20.3 Å². The lowest BCUT2D eigenvalue weighted by Gasteiger charge is -2.32. The van der Waals surface area contributed by atoms with Crippen molar-refractivity contribution in [2.45, 2.75) is 57.6 Å². The highest BCUT2D eigenvalue weighted by atomic mass is 19.2. The fraction of sp³-hybridized carbons (Fsp3) is 0.464. The van der Waals surface area contributed by atoms with Gasteiger partial charge in [0.15, 0.2) is 17.5 Å². The fourth-order valence-corrected chi connectivity index (χ4v) is 5.38. The Labute approximate surface area is 225 Å². The van der Waals surface area contributed by atoms with Gasteiger partial charge >= 0.3 is 12.1 Å². The lowest BCUT2D eigenvalue weighted by molar-refractivity contribution is -0.114. The Morgan fingerprint density at radius 2 is 1.72 bits per heavy atom. The molecule has 2 N–H and O–H groups in total. The molecule has 0 spiro atoms. The summed E-state index contributed by atoms with van der Waals surface area (Å²) in [5.74, 6) is -4.15. The first-order valence-electron chi connectivity index (χ1n) is 13.0. The second-order valence-electron chi connectivity index (χ2n) is 10.6. The third-order valence-corrected chi connectivity index (χ3v) is 7.20. The van der Waals surface area contributed by atoms with E-state index in [1.165, 1.54) is 26.3 Å². The van der Waals surface area contributed by atoms with Gasteiger partial charge in [0.25, 0.3) is 0 Å². The molecule has 4 amide bonds. The second kappa shape index (κ2) is 11.6. The van der Waals surface area contributed by atoms with E-state index in [1.807, 2.05) is 18.2 Å². The van der Waals surface area contributed by atoms with Crippen LogP contribution in [0.3, 0.4) is 0 Å². The number of amides is 4. The average Bonchev–Trinajstić information content (AvgIpc) is 3.12. The van der Waals surface area contributed by atoms with Crippen LogP contribution < -0.4 is 10.6 Å². The number of hydrogen-bond donors (Lipinski definition) is 2. The molecule has 39 heavy (non-hydrogen) atoms. The van der Waals surface area contributed by atoms with E-state index in [2.05, 4.69) is 21.6 Å². The first-order valence-corrected chi connectivity index (χ1v) is 13.0. The number of carbonyl (C=O) groups is 3. The third-order valence-electron chi connectivity index (χ3n) is 7.20. The van der Waals surface area contributed by atoms with Crippen LogP contribution in [0.2, 0.25) is 0 Å². The van der Waals surface area contributed by atoms with Crippen LogP contribution >= 0.6 is 0 Å². The average molecular weight is 547 g/mol. The Morgan fingerprint density at radius 3 is 2.36 bits per heavy atom. The quantitative estimate of drug-likeness (QED) is 0.363. The molecule has 2 aromatic rings. The monoisotopic (exact) mass is 546 g/mol. The van der Waals surface area contributed by atoms with E-state index in [0.717, 1.165) is 55.2 Å². The maximum Gasteiger partial charge on any atom is 0.419 e. The topological polar surface area (TPSA) is 91.0 Å². The van der Waals surface area contributed by atoms with E-state index in [-0.39, 0.29) is 18.0 Å². The lowest BCUT2D eigenvalue weighted by atomic mass is 9.89. The van der Waals surface area contributed by atoms with Crippen LogP contribution in [-0.2, 0) is 9.53 Å². The van der Waals surface area contributed by atoms with E-state index < -0.39 is 41.2 Å². The number of piperidine rings is 1. The number of ether oxygens (including phenoxy) is 1. The summed E-state index contributed by atoms with van der Waals surface area (Å²) in [6, 6.07) is 7.56. The van der Waals surface area contributed by atoms with Gasteiger partial charge in [-0.1, -0.05) is 12.1 Å². The maximum absolute atomic E-state index is 13.9. The van der Waals surface area contributed by atoms with Crippen LogP contribution in [0.4, 0.5) is 28.4 Å². The molecule has 2 saturated heterocycles. The number of imide groups is 1. The van der Waals surface area contributed by atoms with Crippen molar-refractivity contribution in [1.82, 2.24) is 15.1 Å². The molecule has 2 fully saturated rings. The van der Waals surface area contributed by atoms with E-state index in [0.29, 0.717) is 12.3 Å². The van der Waals surface area contributed by atoms with Crippen LogP contribution in [-0.4, -0.2) is 59.6 Å². The summed E-state index contributed by atoms with van der Waals surface area (Å²) >= 11 is 0. The summed E-state index contributed by atoms with van der Waals surface area (Å²) < 4.78 is 46.6. The van der Waals surface area contributed by atoms with Gasteiger partial charge in [0.05, 0.1) is 0 Å². The van der Waals surface area contributed by atoms with Crippen LogP contribution in [0.5, 0.6) is 0 Å². The van der Waals surface area contributed by atoms with Gasteiger partial charge in [-0.2, -0.15) is 0 Å². The Kier molecular flexibility index (Phi) is 8.48. The van der Waals surface area contributed by atoms with Gasteiger partial charge in [-0.05, 0) is 94.1 Å². The molecule has 2 aromatic carbocycles. The number of benzene rings is 2. The standard InChI is InChI=1S/C28H33F3N4O4/c1-17(36)33-21-7-4-6-19(14-21)18-8-12-34(13-9-18)11-5-10-32-26(37)35-25(28(2,3)39-27(35)38)20-15-22(29)24(31)23(30)16-20/h4,6-7,14-16,18,25H,5,8-13H2,1-3H3,(H,32,37)(H,33,36). The van der Waals surface area contributed by atoms with Crippen molar-refractivity contribution >= 4 is 23.7 Å². The SMILES string of the molecule is CC(=O)Nc1cccc(C2CCN(CCCNC(=O)N3C(=O)OC(C)(C)C3c3cc(F)c(F)c(F)c3)CC2)c1. The van der Waals surface area contributed by atoms with E-state index in [4.69, 9.17) is 4.74 Å². The molecule has 2 heterocycles. The van der Waals surface area contributed by atoms with E-state index in [1.54, 1.807) is 0 Å². The molecule has 1 unspecified atom stereocenters. The van der Waals surface area contributed by atoms with E-state index in [9.17, 15) is 27.6 Å². The molecule has 1 atom stereocenters. The molecule has 0 radical (unpaired) electrons. The predicted octanol–water partition coefficient (Wildman–Crippen LogP) is 5.31. The molecule has 0 saturated carbocycles. The summed E-state index contributed by atoms with van der Waals surface area (Å²) in [5, 5.41) is 5.51. The Hall–Kier alpha value is -3.60. The largest absolute Gasteiger partial charge is 0.440 e. The fourth-order valence-electron chi connectivity index (χ4n) is 5.38. The number of carbonyl (C=O) groups excluding carboxylic acids is 3. The van der Waals surface area contributed by atoms with Gasteiger partial charge in [-0.25, -0.2) is 27.7 Å². The highest BCUT2D eigenvalue weighted by Gasteiger charge is 2.52. The summed E-state index contributed by atoms with van der Waals surface area (Å²) in [5.41, 5.74) is 0.629. The molecule has 11 heteroatoms. The maximum atomic E-state index is 13.9. The molecular weight excluding hydrogens is 513 g/mol. The number of likely N-dealkylation sites (tertiary alicyclic amines) is 1. The normalized spacial score (nSPS) is 19.6. The predicted molar refractivity (Wildman–Crippen MR) is 139 cm³/mol. The lowest BCUT2D eigenvalue weighted by Crippen LogP contribution is -2.44. The Bertz CT molecular complexity index is 1220. The molecular formula is C28H33F3N4O4. The van der Waals surface area contributed by atoms with Gasteiger partial charge in [0, 0.05) is 19.2 Å². The number of urea groups is 1. The summed E-state index contributed by atoms with van der Waals surface area (Å²) in [7, 11) is 0. The minimum Gasteiger partial charge on any atom is -0.440 e. The van der Waals surface area contributed by atoms with Gasteiger partial charge in [0.1, 0.15) is 11.6 Å². The zero-order valence-electron chi connectivity index (χ0n) is 22.2. The highest BCUT2D eigenvalue weighted by molar-refractivity contribution is 5.93. The minimum absolute atomic E-state index is 0.0807. The summed E-state index contributed by atoms with van der Waals surface area (Å²) in [6.45, 7) is 7.31. The molecule has 0 aromatic heterocycles. The molecule has 210 valence electrons. The number of anilines is 1. The first-order chi connectivity index (χ1) is 18.5. The van der Waals surface area contributed by atoms with Crippen molar-refractivity contribution in [3.63, 3.8) is 0 Å². The molecule has 8 nitrogen and oxygen atoms in total. The van der Waals surface area contributed by atoms with Crippen molar-refractivity contribution in [3.8, 4) is 0 Å². The van der Waals surface area contributed by atoms with Crippen molar-refractivity contribution in [3.05, 3.63) is 65.0 Å². The zero-order valence-corrected chi connectivity index (χ0v) is 22.2. The molecule has 0 aliphatic carbocycles. The number of nitrogens with zero attached hydrogens (tertiary/aromatic N) is 2. The zero-order chi connectivity index (χ0) is 28.3. The number of nitrogens with one attached hydrogen (secondary N) is 2. The van der Waals surface area contributed by atoms with Gasteiger partial charge in [0.2, 0.25) is 5.91 Å². The number of hydrogen-bond acceptors (Lipinski definition) is 5. The van der Waals surface area contributed by atoms with Crippen molar-refractivity contribution in [2.24, 2.45) is 0 Å². The van der Waals surface area contributed by atoms with Crippen LogP contribution in [0.15, 0.2) is 36.4 Å². The number of halogens is 3. The molecule has 2 aliphatic heterocycles. The number of rotatable bonds is 7. The Balaban J connectivity index is 1.28. The van der Waals surface area contributed by atoms with Crippen LogP contribution in [0.25, 0.3) is 0 Å². The molecule has 4 rings (SSSR count). The summed E-state index contributed by atoms with van der Waals surface area (Å²) in [6.07, 6.45) is 1.62. The van der Waals surface area contributed by atoms with E-state index >= 15 is 0 Å². The number of cyclic esters (lactones) is 1. The second-order valence-corrected chi connectivity index (χ2v) is 10.6. The minimum atomic E-state index is -1.62. The van der Waals surface area contributed by atoms with Gasteiger partial charge in [-0.3, -0.25) is 4.79 Å². The van der Waals surface area contributed by atoms with Gasteiger partial charge in [-0.15, -0.1) is 0 Å². The smallest absolute Gasteiger partial charge is 0.419 e. The van der Waals surface area contributed by atoms with Crippen LogP contribution in [0, 0.1) is 17.5 Å². The summed E-state index contributed by atoms with van der Waals surface area (Å²) in [4.78, 5) is 39.9. The molecule has 0 bridgehead atoms. The van der Waals surface area contributed by atoms with Crippen molar-refractivity contribution in [1.29, 1.82) is 0 Å². The Morgan fingerprint density at radius 1 is 1.05 bits per heavy atom. The third kappa shape index (κ3) is 6.52. The highest BCUT2D eigenvalue weighted by Crippen LogP contribution is 2.41. The first kappa shape index (κ1) is 28.4. The van der Waals surface area contributed by atoms with Crippen molar-refractivity contribution < 1.29 is 32.3 Å². The molecule has 2 aliphatic rings. The van der Waals surface area contributed by atoms with Crippen LogP contribution in [0.1, 0.15) is 63.1 Å².